The molecule has 1 aromatic heterocycles. The number of hydrogen-bond donors (Lipinski definition) is 2. The van der Waals surface area contributed by atoms with Gasteiger partial charge in [-0.15, -0.1) is 0 Å². The molecule has 0 unspecified atom stereocenters. The van der Waals surface area contributed by atoms with Crippen molar-refractivity contribution in [1.82, 2.24) is 9.97 Å². The van der Waals surface area contributed by atoms with E-state index < -0.39 is 17.6 Å². The number of alkyl halides is 3. The zero-order valence-electron chi connectivity index (χ0n) is 21.0. The number of amides is 1. The number of hydrogen-bond acceptors (Lipinski definition) is 6. The average Bonchev–Trinajstić information content (AvgIpc) is 2.92. The third-order valence-corrected chi connectivity index (χ3v) is 6.04. The number of rotatable bonds is 7. The average molecular weight is 533 g/mol. The van der Waals surface area contributed by atoms with Crippen LogP contribution in [0.5, 0.6) is 11.5 Å². The highest BCUT2D eigenvalue weighted by atomic mass is 19.4. The Labute approximate surface area is 222 Å². The maximum Gasteiger partial charge on any atom is 0.416 e. The number of methoxy groups -OCH3 is 1. The topological polar surface area (TPSA) is 108 Å². The number of phenolic OH excluding ortho intramolecular Hbond substituents is 1. The fourth-order valence-corrected chi connectivity index (χ4v) is 4.03. The van der Waals surface area contributed by atoms with E-state index >= 15 is 0 Å². The normalized spacial score (nSPS) is 11.9. The first kappa shape index (κ1) is 27.1. The summed E-state index contributed by atoms with van der Waals surface area (Å²) in [6.07, 6.45) is -4.11. The van der Waals surface area contributed by atoms with E-state index in [1.54, 1.807) is 36.4 Å². The first-order chi connectivity index (χ1) is 18.6. The van der Waals surface area contributed by atoms with Gasteiger partial charge in [-0.05, 0) is 72.5 Å². The Bertz CT molecular complexity index is 1560. The van der Waals surface area contributed by atoms with Gasteiger partial charge in [0, 0.05) is 22.5 Å². The molecule has 1 heterocycles. The number of aromatic hydroxyl groups is 1. The molecule has 39 heavy (non-hydrogen) atoms. The van der Waals surface area contributed by atoms with Gasteiger partial charge in [-0.2, -0.15) is 18.4 Å². The molecular weight excluding hydrogens is 509 g/mol. The van der Waals surface area contributed by atoms with Crippen LogP contribution >= 0.6 is 0 Å². The third kappa shape index (κ3) is 6.51. The summed E-state index contributed by atoms with van der Waals surface area (Å²) in [7, 11) is 1.43. The van der Waals surface area contributed by atoms with E-state index in [0.717, 1.165) is 17.7 Å². The van der Waals surface area contributed by atoms with Gasteiger partial charge in [-0.1, -0.05) is 25.1 Å². The minimum absolute atomic E-state index is 0.0103. The van der Waals surface area contributed by atoms with Crippen LogP contribution in [0.15, 0.2) is 72.8 Å². The highest BCUT2D eigenvalue weighted by Crippen LogP contribution is 2.32. The fraction of sp³-hybridized carbons (Fsp3) is 0.172. The molecule has 0 aliphatic carbocycles. The number of halogens is 3. The summed E-state index contributed by atoms with van der Waals surface area (Å²) in [5.74, 6) is -0.523. The predicted molar refractivity (Wildman–Crippen MR) is 138 cm³/mol. The van der Waals surface area contributed by atoms with Crippen LogP contribution in [-0.4, -0.2) is 28.1 Å². The van der Waals surface area contributed by atoms with E-state index in [-0.39, 0.29) is 28.8 Å². The molecule has 1 amide bonds. The van der Waals surface area contributed by atoms with E-state index in [2.05, 4.69) is 15.3 Å². The molecule has 0 saturated heterocycles. The molecule has 0 saturated carbocycles. The predicted octanol–water partition coefficient (Wildman–Crippen LogP) is 6.35. The number of ether oxygens (including phenoxy) is 1. The van der Waals surface area contributed by atoms with Crippen molar-refractivity contribution in [2.24, 2.45) is 0 Å². The zero-order valence-corrected chi connectivity index (χ0v) is 21.0. The van der Waals surface area contributed by atoms with Crippen LogP contribution in [0.4, 0.5) is 18.9 Å². The SMILES string of the molecule is COc1cc(-c2cc(C[C@@H](C)c3cccc(NC(=O)c4cccc(C(F)(F)F)c4)c3)nc(C#N)n2)ccc1O. The van der Waals surface area contributed by atoms with Gasteiger partial charge in [0.2, 0.25) is 5.82 Å². The summed E-state index contributed by atoms with van der Waals surface area (Å²) < 4.78 is 44.2. The number of nitriles is 1. The quantitative estimate of drug-likeness (QED) is 0.287. The number of nitrogens with one attached hydrogen (secondary N) is 1. The molecule has 0 spiro atoms. The van der Waals surface area contributed by atoms with Crippen LogP contribution in [0.2, 0.25) is 0 Å². The van der Waals surface area contributed by atoms with E-state index in [4.69, 9.17) is 4.74 Å². The number of phenols is 1. The first-order valence-corrected chi connectivity index (χ1v) is 11.8. The maximum absolute atomic E-state index is 13.0. The summed E-state index contributed by atoms with van der Waals surface area (Å²) in [6, 6.07) is 19.7. The minimum Gasteiger partial charge on any atom is -0.504 e. The van der Waals surface area contributed by atoms with Gasteiger partial charge < -0.3 is 15.2 Å². The molecule has 3 aromatic carbocycles. The lowest BCUT2D eigenvalue weighted by atomic mass is 9.95. The summed E-state index contributed by atoms with van der Waals surface area (Å²) >= 11 is 0. The van der Waals surface area contributed by atoms with Crippen molar-refractivity contribution >= 4 is 11.6 Å². The summed E-state index contributed by atoms with van der Waals surface area (Å²) in [5.41, 5.74) is 2.01. The molecule has 0 radical (unpaired) electrons. The van der Waals surface area contributed by atoms with Gasteiger partial charge in [-0.3, -0.25) is 4.79 Å². The smallest absolute Gasteiger partial charge is 0.416 e. The van der Waals surface area contributed by atoms with Crippen LogP contribution in [-0.2, 0) is 12.6 Å². The summed E-state index contributed by atoms with van der Waals surface area (Å²) in [5, 5.41) is 22.0. The number of aromatic nitrogens is 2. The van der Waals surface area contributed by atoms with Crippen molar-refractivity contribution in [3.8, 4) is 28.8 Å². The Hall–Kier alpha value is -4.91. The molecule has 7 nitrogen and oxygen atoms in total. The Morgan fingerprint density at radius 3 is 2.56 bits per heavy atom. The molecule has 0 bridgehead atoms. The maximum atomic E-state index is 13.0. The minimum atomic E-state index is -4.55. The van der Waals surface area contributed by atoms with Crippen molar-refractivity contribution in [2.45, 2.75) is 25.4 Å². The number of nitrogens with zero attached hydrogens (tertiary/aromatic N) is 3. The second kappa shape index (κ2) is 11.2. The lowest BCUT2D eigenvalue weighted by Gasteiger charge is -2.15. The van der Waals surface area contributed by atoms with Gasteiger partial charge in [-0.25, -0.2) is 9.97 Å². The molecule has 0 aliphatic rings. The largest absolute Gasteiger partial charge is 0.504 e. The van der Waals surface area contributed by atoms with Gasteiger partial charge in [0.1, 0.15) is 6.07 Å². The van der Waals surface area contributed by atoms with E-state index in [1.807, 2.05) is 19.1 Å². The molecule has 2 N–H and O–H groups in total. The molecule has 198 valence electrons. The lowest BCUT2D eigenvalue weighted by Crippen LogP contribution is -2.14. The Balaban J connectivity index is 1.54. The van der Waals surface area contributed by atoms with Crippen LogP contribution in [0.25, 0.3) is 11.3 Å². The molecule has 4 rings (SSSR count). The van der Waals surface area contributed by atoms with Crippen molar-refractivity contribution in [3.63, 3.8) is 0 Å². The van der Waals surface area contributed by atoms with E-state index in [0.29, 0.717) is 29.1 Å². The second-order valence-corrected chi connectivity index (χ2v) is 8.83. The molecule has 10 heteroatoms. The highest BCUT2D eigenvalue weighted by molar-refractivity contribution is 6.04. The molecule has 0 fully saturated rings. The van der Waals surface area contributed by atoms with Gasteiger partial charge in [0.25, 0.3) is 5.91 Å². The first-order valence-electron chi connectivity index (χ1n) is 11.8. The lowest BCUT2D eigenvalue weighted by molar-refractivity contribution is -0.137. The number of carbonyl (C=O) groups is 1. The van der Waals surface area contributed by atoms with Crippen LogP contribution in [0.1, 0.15) is 45.8 Å². The fourth-order valence-electron chi connectivity index (χ4n) is 4.03. The Kier molecular flexibility index (Phi) is 7.81. The number of carbonyl (C=O) groups excluding carboxylic acids is 1. The van der Waals surface area contributed by atoms with Crippen LogP contribution < -0.4 is 10.1 Å². The molecular formula is C29H23F3N4O3. The second-order valence-electron chi connectivity index (χ2n) is 8.83. The monoisotopic (exact) mass is 532 g/mol. The summed E-state index contributed by atoms with van der Waals surface area (Å²) in [4.78, 5) is 21.2. The molecule has 0 aliphatic heterocycles. The molecule has 4 aromatic rings. The standard InChI is InChI=1S/C29H23F3N4O3/c1-17(11-23-15-24(36-27(16-33)34-23)19-9-10-25(37)26(14-19)39-2)18-5-4-8-22(13-18)35-28(38)20-6-3-7-21(12-20)29(30,31)32/h3-10,12-15,17,37H,11H2,1-2H3,(H,35,38)/t17-/m1/s1. The van der Waals surface area contributed by atoms with Crippen molar-refractivity contribution < 1.29 is 27.8 Å². The van der Waals surface area contributed by atoms with Gasteiger partial charge in [0.15, 0.2) is 11.5 Å². The van der Waals surface area contributed by atoms with Crippen molar-refractivity contribution in [2.75, 3.05) is 12.4 Å². The Morgan fingerprint density at radius 1 is 1.08 bits per heavy atom. The summed E-state index contributed by atoms with van der Waals surface area (Å²) in [6.45, 7) is 1.95. The van der Waals surface area contributed by atoms with Crippen molar-refractivity contribution in [1.29, 1.82) is 5.26 Å². The zero-order chi connectivity index (χ0) is 28.2. The van der Waals surface area contributed by atoms with Crippen molar-refractivity contribution in [3.05, 3.63) is 101 Å². The number of benzene rings is 3. The van der Waals surface area contributed by atoms with Gasteiger partial charge in [0.05, 0.1) is 18.4 Å². The van der Waals surface area contributed by atoms with E-state index in [9.17, 15) is 28.3 Å². The van der Waals surface area contributed by atoms with Gasteiger partial charge >= 0.3 is 6.18 Å². The Morgan fingerprint density at radius 2 is 1.85 bits per heavy atom. The third-order valence-electron chi connectivity index (χ3n) is 6.04. The van der Waals surface area contributed by atoms with E-state index in [1.165, 1.54) is 25.3 Å². The highest BCUT2D eigenvalue weighted by Gasteiger charge is 2.31. The molecule has 1 atom stereocenters. The number of anilines is 1. The van der Waals surface area contributed by atoms with Crippen LogP contribution in [0, 0.1) is 11.3 Å². The van der Waals surface area contributed by atoms with Crippen LogP contribution in [0.3, 0.4) is 0 Å².